The molecule has 0 atom stereocenters. The summed E-state index contributed by atoms with van der Waals surface area (Å²) in [6, 6.07) is 11.7. The van der Waals surface area contributed by atoms with Crippen molar-refractivity contribution in [1.29, 1.82) is 0 Å². The normalized spacial score (nSPS) is 9.95. The molecule has 0 saturated heterocycles. The molecule has 1 heterocycles. The van der Waals surface area contributed by atoms with Gasteiger partial charge in [0.25, 0.3) is 5.91 Å². The Balaban J connectivity index is 1.76. The molecule has 5 heteroatoms. The van der Waals surface area contributed by atoms with Crippen molar-refractivity contribution in [2.45, 2.75) is 13.5 Å². The van der Waals surface area contributed by atoms with Crippen molar-refractivity contribution in [2.75, 3.05) is 6.61 Å². The number of ether oxygens (including phenoxy) is 1. The molecule has 0 radical (unpaired) electrons. The summed E-state index contributed by atoms with van der Waals surface area (Å²) in [5, 5.41) is 2.76. The fourth-order valence-corrected chi connectivity index (χ4v) is 1.47. The van der Waals surface area contributed by atoms with Gasteiger partial charge in [-0.3, -0.25) is 4.79 Å². The van der Waals surface area contributed by atoms with Gasteiger partial charge in [-0.2, -0.15) is 0 Å². The highest BCUT2D eigenvalue weighted by Gasteiger charge is 2.04. The third kappa shape index (κ3) is 4.39. The minimum atomic E-state index is -0.200. The number of benzene rings is 1. The van der Waals surface area contributed by atoms with Gasteiger partial charge in [-0.25, -0.2) is 9.97 Å². The summed E-state index contributed by atoms with van der Waals surface area (Å²) < 4.78 is 5.20. The number of aryl methyl sites for hydroxylation is 1. The number of nitrogens with zero attached hydrogens (tertiary/aromatic N) is 2. The molecule has 0 fully saturated rings. The van der Waals surface area contributed by atoms with Crippen LogP contribution >= 0.6 is 0 Å². The second-order valence-electron chi connectivity index (χ2n) is 4.03. The van der Waals surface area contributed by atoms with Crippen LogP contribution < -0.4 is 10.1 Å². The number of hydrogen-bond donors (Lipinski definition) is 1. The first-order chi connectivity index (χ1) is 9.24. The molecule has 2 aromatic rings. The van der Waals surface area contributed by atoms with Crippen LogP contribution in [0.25, 0.3) is 0 Å². The van der Waals surface area contributed by atoms with Crippen LogP contribution in [0, 0.1) is 6.92 Å². The molecule has 0 bridgehead atoms. The van der Waals surface area contributed by atoms with E-state index >= 15 is 0 Å². The first-order valence-electron chi connectivity index (χ1n) is 5.97. The van der Waals surface area contributed by atoms with Gasteiger partial charge in [0.15, 0.2) is 6.61 Å². The zero-order valence-electron chi connectivity index (χ0n) is 10.7. The zero-order valence-corrected chi connectivity index (χ0v) is 10.7. The third-order valence-electron chi connectivity index (χ3n) is 2.44. The Morgan fingerprint density at radius 2 is 2.05 bits per heavy atom. The minimum absolute atomic E-state index is 0.0870. The molecular weight excluding hydrogens is 242 g/mol. The molecule has 1 aromatic heterocycles. The number of amides is 1. The Morgan fingerprint density at radius 3 is 2.79 bits per heavy atom. The Morgan fingerprint density at radius 1 is 1.26 bits per heavy atom. The first kappa shape index (κ1) is 13.0. The number of hydrogen-bond acceptors (Lipinski definition) is 4. The van der Waals surface area contributed by atoms with Crippen molar-refractivity contribution in [1.82, 2.24) is 15.3 Å². The predicted octanol–water partition coefficient (Wildman–Crippen LogP) is 1.48. The second kappa shape index (κ2) is 6.49. The topological polar surface area (TPSA) is 64.1 Å². The van der Waals surface area contributed by atoms with E-state index in [-0.39, 0.29) is 18.5 Å². The minimum Gasteiger partial charge on any atom is -0.453 e. The van der Waals surface area contributed by atoms with Gasteiger partial charge in [-0.15, -0.1) is 0 Å². The summed E-state index contributed by atoms with van der Waals surface area (Å²) in [4.78, 5) is 19.5. The molecule has 1 amide bonds. The maximum absolute atomic E-state index is 11.6. The fraction of sp³-hybridized carbons (Fsp3) is 0.214. The molecule has 2 rings (SSSR count). The molecule has 0 saturated carbocycles. The van der Waals surface area contributed by atoms with E-state index in [0.29, 0.717) is 6.54 Å². The van der Waals surface area contributed by atoms with Gasteiger partial charge in [0, 0.05) is 18.4 Å². The molecule has 5 nitrogen and oxygen atoms in total. The van der Waals surface area contributed by atoms with Crippen molar-refractivity contribution in [3.05, 3.63) is 53.9 Å². The van der Waals surface area contributed by atoms with Crippen molar-refractivity contribution in [3.63, 3.8) is 0 Å². The van der Waals surface area contributed by atoms with Gasteiger partial charge in [0.05, 0.1) is 0 Å². The van der Waals surface area contributed by atoms with E-state index < -0.39 is 0 Å². The standard InChI is InChI=1S/C14H15N3O2/c1-11-7-8-15-14(17-11)19-10-13(18)16-9-12-5-3-2-4-6-12/h2-8H,9-10H2,1H3,(H,16,18). The number of carbonyl (C=O) groups excluding carboxylic acids is 1. The lowest BCUT2D eigenvalue weighted by Gasteiger charge is -2.06. The van der Waals surface area contributed by atoms with E-state index in [9.17, 15) is 4.79 Å². The molecule has 0 spiro atoms. The molecule has 98 valence electrons. The van der Waals surface area contributed by atoms with Gasteiger partial charge >= 0.3 is 6.01 Å². The van der Waals surface area contributed by atoms with E-state index in [1.54, 1.807) is 12.3 Å². The average molecular weight is 257 g/mol. The van der Waals surface area contributed by atoms with E-state index in [0.717, 1.165) is 11.3 Å². The molecule has 0 aliphatic heterocycles. The maximum atomic E-state index is 11.6. The molecule has 0 aliphatic rings. The lowest BCUT2D eigenvalue weighted by molar-refractivity contribution is -0.123. The van der Waals surface area contributed by atoms with Gasteiger partial charge < -0.3 is 10.1 Å². The van der Waals surface area contributed by atoms with Crippen LogP contribution in [0.2, 0.25) is 0 Å². The quantitative estimate of drug-likeness (QED) is 0.881. The van der Waals surface area contributed by atoms with Crippen molar-refractivity contribution >= 4 is 5.91 Å². The highest BCUT2D eigenvalue weighted by Crippen LogP contribution is 2.01. The zero-order chi connectivity index (χ0) is 13.5. The van der Waals surface area contributed by atoms with Crippen molar-refractivity contribution in [3.8, 4) is 6.01 Å². The summed E-state index contributed by atoms with van der Waals surface area (Å²) in [5.41, 5.74) is 1.84. The van der Waals surface area contributed by atoms with Crippen LogP contribution in [0.5, 0.6) is 6.01 Å². The molecule has 1 N–H and O–H groups in total. The number of carbonyl (C=O) groups is 1. The van der Waals surface area contributed by atoms with Crippen LogP contribution in [0.3, 0.4) is 0 Å². The monoisotopic (exact) mass is 257 g/mol. The van der Waals surface area contributed by atoms with Crippen molar-refractivity contribution in [2.24, 2.45) is 0 Å². The Labute approximate surface area is 111 Å². The van der Waals surface area contributed by atoms with Crippen LogP contribution in [-0.4, -0.2) is 22.5 Å². The summed E-state index contributed by atoms with van der Waals surface area (Å²) in [7, 11) is 0. The number of nitrogens with one attached hydrogen (secondary N) is 1. The van der Waals surface area contributed by atoms with Crippen LogP contribution in [0.4, 0.5) is 0 Å². The fourth-order valence-electron chi connectivity index (χ4n) is 1.47. The Bertz CT molecular complexity index is 543. The van der Waals surface area contributed by atoms with Crippen molar-refractivity contribution < 1.29 is 9.53 Å². The Kier molecular flexibility index (Phi) is 4.44. The van der Waals surface area contributed by atoms with Crippen LogP contribution in [0.15, 0.2) is 42.6 Å². The highest BCUT2D eigenvalue weighted by molar-refractivity contribution is 5.77. The predicted molar refractivity (Wildman–Crippen MR) is 70.6 cm³/mol. The smallest absolute Gasteiger partial charge is 0.317 e. The van der Waals surface area contributed by atoms with Crippen LogP contribution in [-0.2, 0) is 11.3 Å². The van der Waals surface area contributed by atoms with E-state index in [2.05, 4.69) is 15.3 Å². The first-order valence-corrected chi connectivity index (χ1v) is 5.97. The molecule has 19 heavy (non-hydrogen) atoms. The summed E-state index contributed by atoms with van der Waals surface area (Å²) in [6.07, 6.45) is 1.60. The van der Waals surface area contributed by atoms with E-state index in [1.165, 1.54) is 0 Å². The van der Waals surface area contributed by atoms with E-state index in [1.807, 2.05) is 37.3 Å². The van der Waals surface area contributed by atoms with Gasteiger partial charge in [0.2, 0.25) is 0 Å². The summed E-state index contributed by atoms with van der Waals surface area (Å²) >= 11 is 0. The second-order valence-corrected chi connectivity index (χ2v) is 4.03. The number of aromatic nitrogens is 2. The van der Waals surface area contributed by atoms with Crippen LogP contribution in [0.1, 0.15) is 11.3 Å². The molecule has 1 aromatic carbocycles. The average Bonchev–Trinajstić information content (AvgIpc) is 2.44. The van der Waals surface area contributed by atoms with Gasteiger partial charge in [0.1, 0.15) is 0 Å². The summed E-state index contributed by atoms with van der Waals surface area (Å²) in [5.74, 6) is -0.200. The lowest BCUT2D eigenvalue weighted by atomic mass is 10.2. The largest absolute Gasteiger partial charge is 0.453 e. The number of rotatable bonds is 5. The third-order valence-corrected chi connectivity index (χ3v) is 2.44. The molecule has 0 aliphatic carbocycles. The van der Waals surface area contributed by atoms with E-state index in [4.69, 9.17) is 4.74 Å². The maximum Gasteiger partial charge on any atom is 0.317 e. The lowest BCUT2D eigenvalue weighted by Crippen LogP contribution is -2.28. The van der Waals surface area contributed by atoms with Gasteiger partial charge in [-0.1, -0.05) is 30.3 Å². The Hall–Kier alpha value is -2.43. The summed E-state index contributed by atoms with van der Waals surface area (Å²) in [6.45, 7) is 2.23. The molecule has 0 unspecified atom stereocenters. The highest BCUT2D eigenvalue weighted by atomic mass is 16.5. The SMILES string of the molecule is Cc1ccnc(OCC(=O)NCc2ccccc2)n1. The van der Waals surface area contributed by atoms with Gasteiger partial charge in [-0.05, 0) is 18.6 Å². The molecular formula is C14H15N3O2.